The number of hydrogen-bond acceptors (Lipinski definition) is 4. The molecule has 0 saturated carbocycles. The second-order valence-electron chi connectivity index (χ2n) is 7.79. The van der Waals surface area contributed by atoms with Crippen LogP contribution in [0.2, 0.25) is 0 Å². The van der Waals surface area contributed by atoms with Crippen molar-refractivity contribution in [2.45, 2.75) is 13.2 Å². The summed E-state index contributed by atoms with van der Waals surface area (Å²) in [6, 6.07) is 23.1. The maximum absolute atomic E-state index is 14.4. The van der Waals surface area contributed by atoms with E-state index in [4.69, 9.17) is 16.2 Å². The van der Waals surface area contributed by atoms with Gasteiger partial charge in [-0.3, -0.25) is 4.79 Å². The molecule has 0 fully saturated rings. The monoisotopic (exact) mass is 459 g/mol. The number of carbonyl (C=O) groups is 1. The van der Waals surface area contributed by atoms with E-state index in [-0.39, 0.29) is 22.5 Å². The third-order valence-electron chi connectivity index (χ3n) is 5.29. The van der Waals surface area contributed by atoms with E-state index in [0.717, 1.165) is 23.3 Å². The zero-order valence-corrected chi connectivity index (χ0v) is 18.2. The average molecular weight is 459 g/mol. The van der Waals surface area contributed by atoms with Gasteiger partial charge in [0.25, 0.3) is 5.91 Å². The van der Waals surface area contributed by atoms with Gasteiger partial charge in [-0.05, 0) is 53.1 Å². The highest BCUT2D eigenvalue weighted by Crippen LogP contribution is 2.30. The van der Waals surface area contributed by atoms with E-state index in [2.05, 4.69) is 5.32 Å². The number of hydrogen-bond donors (Lipinski definition) is 3. The number of nitrogen functional groups attached to an aromatic ring is 2. The summed E-state index contributed by atoms with van der Waals surface area (Å²) < 4.78 is 34.5. The van der Waals surface area contributed by atoms with Crippen LogP contribution in [0, 0.1) is 11.6 Å². The van der Waals surface area contributed by atoms with E-state index in [9.17, 15) is 13.6 Å². The van der Waals surface area contributed by atoms with Gasteiger partial charge in [-0.1, -0.05) is 48.5 Å². The minimum atomic E-state index is -0.726. The Morgan fingerprint density at radius 3 is 2.12 bits per heavy atom. The fourth-order valence-corrected chi connectivity index (χ4v) is 3.44. The second kappa shape index (κ2) is 10.1. The summed E-state index contributed by atoms with van der Waals surface area (Å²) in [5.41, 5.74) is 14.4. The molecule has 172 valence electrons. The molecule has 0 atom stereocenters. The molecule has 34 heavy (non-hydrogen) atoms. The predicted octanol–water partition coefficient (Wildman–Crippen LogP) is 5.77. The maximum atomic E-state index is 14.4. The Hall–Kier alpha value is -4.23. The number of amides is 1. The molecule has 0 heterocycles. The molecule has 0 saturated heterocycles. The van der Waals surface area contributed by atoms with Crippen LogP contribution in [0.1, 0.15) is 21.5 Å². The Morgan fingerprint density at radius 1 is 0.765 bits per heavy atom. The fourth-order valence-electron chi connectivity index (χ4n) is 3.44. The van der Waals surface area contributed by atoms with E-state index in [1.807, 2.05) is 42.5 Å². The lowest BCUT2D eigenvalue weighted by Gasteiger charge is -2.11. The van der Waals surface area contributed by atoms with Crippen molar-refractivity contribution in [1.29, 1.82) is 0 Å². The zero-order chi connectivity index (χ0) is 24.1. The molecule has 0 unspecified atom stereocenters. The van der Waals surface area contributed by atoms with Crippen molar-refractivity contribution in [3.63, 3.8) is 0 Å². The summed E-state index contributed by atoms with van der Waals surface area (Å²) in [5, 5.41) is 2.66. The van der Waals surface area contributed by atoms with E-state index >= 15 is 0 Å². The summed E-state index contributed by atoms with van der Waals surface area (Å²) in [4.78, 5) is 12.7. The number of nitrogens with one attached hydrogen (secondary N) is 1. The summed E-state index contributed by atoms with van der Waals surface area (Å²) in [6.45, 7) is 0.908. The Morgan fingerprint density at radius 2 is 1.41 bits per heavy atom. The molecule has 0 aliphatic carbocycles. The number of nitrogens with two attached hydrogens (primary N) is 2. The van der Waals surface area contributed by atoms with Gasteiger partial charge < -0.3 is 21.5 Å². The highest BCUT2D eigenvalue weighted by Gasteiger charge is 2.16. The lowest BCUT2D eigenvalue weighted by molar-refractivity contribution is 0.102. The first-order valence-corrected chi connectivity index (χ1v) is 10.6. The molecule has 0 aromatic heterocycles. The van der Waals surface area contributed by atoms with E-state index in [0.29, 0.717) is 24.5 Å². The van der Waals surface area contributed by atoms with Crippen LogP contribution < -0.4 is 16.8 Å². The molecule has 0 aliphatic heterocycles. The SMILES string of the molecule is Nc1cc(F)c(-c2ccc(F)c(C(=O)Nc3ccc(COCc4ccccc4)cc3)c2)cc1N. The van der Waals surface area contributed by atoms with Crippen molar-refractivity contribution in [3.05, 3.63) is 113 Å². The molecule has 4 aromatic carbocycles. The molecule has 5 N–H and O–H groups in total. The van der Waals surface area contributed by atoms with Crippen molar-refractivity contribution in [3.8, 4) is 11.1 Å². The fraction of sp³-hybridized carbons (Fsp3) is 0.0741. The first-order valence-electron chi connectivity index (χ1n) is 10.6. The highest BCUT2D eigenvalue weighted by molar-refractivity contribution is 6.05. The number of carbonyl (C=O) groups excluding carboxylic acids is 1. The first kappa shape index (κ1) is 22.9. The quantitative estimate of drug-likeness (QED) is 0.306. The minimum Gasteiger partial charge on any atom is -0.397 e. The van der Waals surface area contributed by atoms with Gasteiger partial charge in [0.1, 0.15) is 11.6 Å². The summed E-state index contributed by atoms with van der Waals surface area (Å²) >= 11 is 0. The minimum absolute atomic E-state index is 0.107. The first-order chi connectivity index (χ1) is 16.4. The predicted molar refractivity (Wildman–Crippen MR) is 130 cm³/mol. The normalized spacial score (nSPS) is 10.8. The molecular weight excluding hydrogens is 436 g/mol. The number of halogens is 2. The van der Waals surface area contributed by atoms with Crippen LogP contribution in [0.3, 0.4) is 0 Å². The summed E-state index contributed by atoms with van der Waals surface area (Å²) in [7, 11) is 0. The number of benzene rings is 4. The van der Waals surface area contributed by atoms with Crippen LogP contribution in [0.15, 0.2) is 84.9 Å². The topological polar surface area (TPSA) is 90.4 Å². The summed E-state index contributed by atoms with van der Waals surface area (Å²) in [5.74, 6) is -2.00. The zero-order valence-electron chi connectivity index (χ0n) is 18.2. The lowest BCUT2D eigenvalue weighted by atomic mass is 10.0. The van der Waals surface area contributed by atoms with Gasteiger partial charge in [-0.25, -0.2) is 8.78 Å². The van der Waals surface area contributed by atoms with Crippen LogP contribution in [0.5, 0.6) is 0 Å². The van der Waals surface area contributed by atoms with E-state index in [1.54, 1.807) is 12.1 Å². The molecule has 4 aromatic rings. The molecule has 5 nitrogen and oxygen atoms in total. The Bertz CT molecular complexity index is 1310. The third-order valence-corrected chi connectivity index (χ3v) is 5.29. The van der Waals surface area contributed by atoms with Crippen molar-refractivity contribution < 1.29 is 18.3 Å². The smallest absolute Gasteiger partial charge is 0.258 e. The van der Waals surface area contributed by atoms with Crippen LogP contribution in [-0.2, 0) is 18.0 Å². The van der Waals surface area contributed by atoms with Gasteiger partial charge in [0, 0.05) is 11.3 Å². The molecule has 1 amide bonds. The molecule has 0 aliphatic rings. The van der Waals surface area contributed by atoms with Gasteiger partial charge in [0.2, 0.25) is 0 Å². The van der Waals surface area contributed by atoms with E-state index in [1.165, 1.54) is 18.2 Å². The van der Waals surface area contributed by atoms with Crippen molar-refractivity contribution in [1.82, 2.24) is 0 Å². The number of anilines is 3. The largest absolute Gasteiger partial charge is 0.397 e. The molecular formula is C27H23F2N3O2. The maximum Gasteiger partial charge on any atom is 0.258 e. The van der Waals surface area contributed by atoms with Crippen molar-refractivity contribution in [2.75, 3.05) is 16.8 Å². The highest BCUT2D eigenvalue weighted by atomic mass is 19.1. The molecule has 4 rings (SSSR count). The van der Waals surface area contributed by atoms with Gasteiger partial charge in [-0.15, -0.1) is 0 Å². The van der Waals surface area contributed by atoms with Crippen molar-refractivity contribution >= 4 is 23.0 Å². The number of rotatable bonds is 7. The Balaban J connectivity index is 1.43. The van der Waals surface area contributed by atoms with Crippen LogP contribution in [-0.4, -0.2) is 5.91 Å². The van der Waals surface area contributed by atoms with Gasteiger partial charge in [0.05, 0.1) is 30.2 Å². The van der Waals surface area contributed by atoms with Crippen LogP contribution in [0.25, 0.3) is 11.1 Å². The second-order valence-corrected chi connectivity index (χ2v) is 7.79. The summed E-state index contributed by atoms with van der Waals surface area (Å²) in [6.07, 6.45) is 0. The third kappa shape index (κ3) is 5.39. The molecule has 0 spiro atoms. The average Bonchev–Trinajstić information content (AvgIpc) is 2.83. The standard InChI is InChI=1S/C27H23F2N3O2/c28-23-11-8-19(21-13-25(30)26(31)14-24(21)29)12-22(23)27(33)32-20-9-6-18(7-10-20)16-34-15-17-4-2-1-3-5-17/h1-14H,15-16,30-31H2,(H,32,33). The lowest BCUT2D eigenvalue weighted by Crippen LogP contribution is -2.14. The van der Waals surface area contributed by atoms with Crippen molar-refractivity contribution in [2.24, 2.45) is 0 Å². The van der Waals surface area contributed by atoms with Crippen LogP contribution >= 0.6 is 0 Å². The van der Waals surface area contributed by atoms with Gasteiger partial charge in [-0.2, -0.15) is 0 Å². The van der Waals surface area contributed by atoms with Gasteiger partial charge >= 0.3 is 0 Å². The molecule has 0 radical (unpaired) electrons. The molecule has 0 bridgehead atoms. The van der Waals surface area contributed by atoms with Crippen LogP contribution in [0.4, 0.5) is 25.8 Å². The Labute approximate surface area is 196 Å². The molecule has 7 heteroatoms. The number of ether oxygens (including phenoxy) is 1. The van der Waals surface area contributed by atoms with Gasteiger partial charge in [0.15, 0.2) is 0 Å². The Kier molecular flexibility index (Phi) is 6.85. The van der Waals surface area contributed by atoms with E-state index < -0.39 is 17.5 Å².